The van der Waals surface area contributed by atoms with Crippen LogP contribution in [0.5, 0.6) is 0 Å². The van der Waals surface area contributed by atoms with E-state index in [1.165, 1.54) is 12.1 Å². The number of piperidine rings is 1. The first kappa shape index (κ1) is 16.7. The average molecular weight is 359 g/mol. The van der Waals surface area contributed by atoms with Crippen LogP contribution in [-0.4, -0.2) is 34.9 Å². The van der Waals surface area contributed by atoms with E-state index in [0.29, 0.717) is 18.2 Å². The third-order valence-corrected chi connectivity index (χ3v) is 6.31. The van der Waals surface area contributed by atoms with Gasteiger partial charge in [-0.25, -0.2) is 9.37 Å². The van der Waals surface area contributed by atoms with Crippen LogP contribution < -0.4 is 5.73 Å². The van der Waals surface area contributed by atoms with Crippen LogP contribution >= 0.6 is 11.3 Å². The Bertz CT molecular complexity index is 769. The zero-order valence-electron chi connectivity index (χ0n) is 14.1. The summed E-state index contributed by atoms with van der Waals surface area (Å²) in [6, 6.07) is 6.42. The summed E-state index contributed by atoms with van der Waals surface area (Å²) in [5.41, 5.74) is 7.26. The van der Waals surface area contributed by atoms with Crippen LogP contribution in [-0.2, 0) is 0 Å². The molecular formula is C19H22FN3OS. The Hall–Kier alpha value is -1.79. The molecule has 2 fully saturated rings. The fourth-order valence-corrected chi connectivity index (χ4v) is 4.66. The second-order valence-corrected chi connectivity index (χ2v) is 7.93. The summed E-state index contributed by atoms with van der Waals surface area (Å²) >= 11 is 1.58. The molecule has 6 heteroatoms. The van der Waals surface area contributed by atoms with Crippen molar-refractivity contribution in [2.75, 3.05) is 13.1 Å². The molecule has 1 amide bonds. The number of nitrogens with zero attached hydrogens (tertiary/aromatic N) is 2. The number of thiazole rings is 1. The van der Waals surface area contributed by atoms with Gasteiger partial charge in [0.1, 0.15) is 11.5 Å². The van der Waals surface area contributed by atoms with Gasteiger partial charge in [-0.15, -0.1) is 11.3 Å². The molecule has 1 saturated carbocycles. The molecule has 2 heterocycles. The van der Waals surface area contributed by atoms with Gasteiger partial charge >= 0.3 is 0 Å². The number of halogens is 1. The maximum atomic E-state index is 13.3. The number of carbonyl (C=O) groups is 1. The minimum atomic E-state index is -0.275. The van der Waals surface area contributed by atoms with Crippen molar-refractivity contribution in [3.63, 3.8) is 0 Å². The number of amides is 1. The molecule has 25 heavy (non-hydrogen) atoms. The predicted octanol–water partition coefficient (Wildman–Crippen LogP) is 3.78. The van der Waals surface area contributed by atoms with Crippen LogP contribution in [0.2, 0.25) is 0 Å². The van der Waals surface area contributed by atoms with Gasteiger partial charge in [0, 0.05) is 25.0 Å². The smallest absolute Gasteiger partial charge is 0.274 e. The van der Waals surface area contributed by atoms with Crippen molar-refractivity contribution in [3.8, 4) is 10.4 Å². The van der Waals surface area contributed by atoms with Crippen molar-refractivity contribution in [1.29, 1.82) is 0 Å². The molecule has 2 aliphatic rings. The number of hydrogen-bond donors (Lipinski definition) is 1. The number of aromatic nitrogens is 1. The number of hydrogen-bond acceptors (Lipinski definition) is 4. The highest BCUT2D eigenvalue weighted by Gasteiger charge is 2.34. The van der Waals surface area contributed by atoms with Gasteiger partial charge in [0.25, 0.3) is 5.91 Å². The lowest BCUT2D eigenvalue weighted by Gasteiger charge is -2.34. The van der Waals surface area contributed by atoms with Crippen LogP contribution in [0.1, 0.15) is 53.5 Å². The Balaban J connectivity index is 1.72. The zero-order valence-corrected chi connectivity index (χ0v) is 14.9. The second-order valence-electron chi connectivity index (χ2n) is 6.89. The lowest BCUT2D eigenvalue weighted by molar-refractivity contribution is 0.0618. The molecule has 2 aromatic rings. The molecule has 1 aliphatic heterocycles. The first-order valence-corrected chi connectivity index (χ1v) is 9.76. The van der Waals surface area contributed by atoms with E-state index in [9.17, 15) is 9.18 Å². The first-order valence-electron chi connectivity index (χ1n) is 8.95. The van der Waals surface area contributed by atoms with Crippen LogP contribution in [0.25, 0.3) is 10.4 Å². The van der Waals surface area contributed by atoms with E-state index in [0.717, 1.165) is 54.1 Å². The Morgan fingerprint density at radius 2 is 2.00 bits per heavy atom. The molecule has 1 aromatic heterocycles. The summed E-state index contributed by atoms with van der Waals surface area (Å²) in [7, 11) is 0. The molecule has 2 N–H and O–H groups in total. The van der Waals surface area contributed by atoms with Gasteiger partial charge < -0.3 is 10.6 Å². The maximum absolute atomic E-state index is 13.3. The molecule has 1 atom stereocenters. The third kappa shape index (κ3) is 3.33. The number of nitrogens with two attached hydrogens (primary N) is 1. The van der Waals surface area contributed by atoms with Crippen LogP contribution in [0.4, 0.5) is 4.39 Å². The van der Waals surface area contributed by atoms with Crippen molar-refractivity contribution in [3.05, 3.63) is 40.8 Å². The van der Waals surface area contributed by atoms with E-state index in [1.807, 2.05) is 4.90 Å². The minimum absolute atomic E-state index is 0.0300. The number of carbonyl (C=O) groups excluding carboxylic acids is 1. The topological polar surface area (TPSA) is 59.2 Å². The van der Waals surface area contributed by atoms with Crippen molar-refractivity contribution in [2.45, 2.75) is 44.1 Å². The van der Waals surface area contributed by atoms with E-state index in [1.54, 1.807) is 23.5 Å². The van der Waals surface area contributed by atoms with Crippen molar-refractivity contribution >= 4 is 17.2 Å². The quantitative estimate of drug-likeness (QED) is 0.904. The fourth-order valence-electron chi connectivity index (χ4n) is 3.43. The largest absolute Gasteiger partial charge is 0.333 e. The summed E-state index contributed by atoms with van der Waals surface area (Å²) in [5, 5.41) is 1.03. The van der Waals surface area contributed by atoms with Crippen LogP contribution in [0, 0.1) is 5.82 Å². The fraction of sp³-hybridized carbons (Fsp3) is 0.474. The predicted molar refractivity (Wildman–Crippen MR) is 97.2 cm³/mol. The van der Waals surface area contributed by atoms with Crippen LogP contribution in [0.3, 0.4) is 0 Å². The van der Waals surface area contributed by atoms with Gasteiger partial charge in [-0.2, -0.15) is 0 Å². The molecule has 1 aromatic carbocycles. The normalized spacial score (nSPS) is 20.7. The Morgan fingerprint density at radius 1 is 1.24 bits per heavy atom. The highest BCUT2D eigenvalue weighted by atomic mass is 32.1. The molecule has 0 bridgehead atoms. The minimum Gasteiger partial charge on any atom is -0.333 e. The van der Waals surface area contributed by atoms with Crippen molar-refractivity contribution < 1.29 is 9.18 Å². The lowest BCUT2D eigenvalue weighted by Crippen LogP contribution is -2.47. The second kappa shape index (κ2) is 6.84. The molecule has 0 spiro atoms. The Morgan fingerprint density at radius 3 is 2.68 bits per heavy atom. The molecule has 4 rings (SSSR count). The van der Waals surface area contributed by atoms with Gasteiger partial charge in [-0.3, -0.25) is 4.79 Å². The van der Waals surface area contributed by atoms with Crippen molar-refractivity contribution in [1.82, 2.24) is 9.88 Å². The zero-order chi connectivity index (χ0) is 17.4. The Labute approximate surface area is 150 Å². The summed E-state index contributed by atoms with van der Waals surface area (Å²) < 4.78 is 13.3. The van der Waals surface area contributed by atoms with E-state index >= 15 is 0 Å². The molecule has 132 valence electrons. The molecule has 0 unspecified atom stereocenters. The molecule has 4 nitrogen and oxygen atoms in total. The highest BCUT2D eigenvalue weighted by Crippen LogP contribution is 2.45. The Kier molecular flexibility index (Phi) is 4.56. The molecule has 1 saturated heterocycles. The number of likely N-dealkylation sites (tertiary alicyclic amines) is 1. The third-order valence-electron chi connectivity index (χ3n) is 5.04. The molecule has 1 aliphatic carbocycles. The summed E-state index contributed by atoms with van der Waals surface area (Å²) in [5.74, 6) is 0.179. The van der Waals surface area contributed by atoms with Crippen molar-refractivity contribution in [2.24, 2.45) is 5.73 Å². The van der Waals surface area contributed by atoms with E-state index < -0.39 is 0 Å². The van der Waals surface area contributed by atoms with Gasteiger partial charge in [-0.05, 0) is 49.8 Å². The van der Waals surface area contributed by atoms with E-state index in [-0.39, 0.29) is 17.8 Å². The lowest BCUT2D eigenvalue weighted by atomic mass is 10.0. The standard InChI is InChI=1S/C19H22FN3OS/c20-14-8-6-12(7-9-14)17-16(22-18(25-17)13-4-5-13)19(24)23-10-2-1-3-15(23)11-21/h6-9,13,15H,1-5,10-11,21H2/t15-/m0/s1. The molecule has 0 radical (unpaired) electrons. The number of benzene rings is 1. The summed E-state index contributed by atoms with van der Waals surface area (Å²) in [4.78, 5) is 20.7. The number of rotatable bonds is 4. The first-order chi connectivity index (χ1) is 12.2. The van der Waals surface area contributed by atoms with Crippen LogP contribution in [0.15, 0.2) is 24.3 Å². The molecular weight excluding hydrogens is 337 g/mol. The SMILES string of the molecule is NC[C@@H]1CCCCN1C(=O)c1nc(C2CC2)sc1-c1ccc(F)cc1. The van der Waals surface area contributed by atoms with E-state index in [2.05, 4.69) is 0 Å². The van der Waals surface area contributed by atoms with Gasteiger partial charge in [0.2, 0.25) is 0 Å². The van der Waals surface area contributed by atoms with Gasteiger partial charge in [-0.1, -0.05) is 12.1 Å². The summed E-state index contributed by atoms with van der Waals surface area (Å²) in [6.07, 6.45) is 5.35. The average Bonchev–Trinajstić information content (AvgIpc) is 3.41. The highest BCUT2D eigenvalue weighted by molar-refractivity contribution is 7.15. The monoisotopic (exact) mass is 359 g/mol. The maximum Gasteiger partial charge on any atom is 0.274 e. The summed E-state index contributed by atoms with van der Waals surface area (Å²) in [6.45, 7) is 1.22. The van der Waals surface area contributed by atoms with Gasteiger partial charge in [0.15, 0.2) is 0 Å². The van der Waals surface area contributed by atoms with E-state index in [4.69, 9.17) is 10.7 Å². The van der Waals surface area contributed by atoms with Gasteiger partial charge in [0.05, 0.1) is 9.88 Å².